The van der Waals surface area contributed by atoms with Crippen LogP contribution in [0, 0.1) is 17.7 Å². The highest BCUT2D eigenvalue weighted by molar-refractivity contribution is 5.39. The van der Waals surface area contributed by atoms with Crippen LogP contribution >= 0.6 is 0 Å². The number of methoxy groups -OCH3 is 1. The Morgan fingerprint density at radius 2 is 2.24 bits per heavy atom. The average Bonchev–Trinajstić information content (AvgIpc) is 2.34. The molecule has 0 aliphatic carbocycles. The molecule has 0 spiro atoms. The fourth-order valence-electron chi connectivity index (χ4n) is 1.16. The molecular weight excluding hydrogens is 221 g/mol. The Morgan fingerprint density at radius 1 is 1.41 bits per heavy atom. The van der Waals surface area contributed by atoms with Gasteiger partial charge in [0.1, 0.15) is 11.6 Å². The SMILES string of the molecule is CNCCC#Cc1ccc(OCOC)cc1F. The summed E-state index contributed by atoms with van der Waals surface area (Å²) in [5, 5.41) is 2.97. The van der Waals surface area contributed by atoms with E-state index in [0.29, 0.717) is 17.7 Å². The summed E-state index contributed by atoms with van der Waals surface area (Å²) in [6.45, 7) is 0.899. The number of hydrogen-bond donors (Lipinski definition) is 1. The zero-order valence-electron chi connectivity index (χ0n) is 10.0. The lowest BCUT2D eigenvalue weighted by molar-refractivity contribution is 0.0509. The maximum atomic E-state index is 13.5. The van der Waals surface area contributed by atoms with E-state index in [1.165, 1.54) is 13.2 Å². The summed E-state index contributed by atoms with van der Waals surface area (Å²) >= 11 is 0. The van der Waals surface area contributed by atoms with Crippen molar-refractivity contribution in [1.82, 2.24) is 5.32 Å². The molecule has 0 radical (unpaired) electrons. The monoisotopic (exact) mass is 237 g/mol. The van der Waals surface area contributed by atoms with Crippen LogP contribution in [0.3, 0.4) is 0 Å². The van der Waals surface area contributed by atoms with Crippen molar-refractivity contribution in [2.45, 2.75) is 6.42 Å². The van der Waals surface area contributed by atoms with Gasteiger partial charge in [0.05, 0.1) is 5.56 Å². The van der Waals surface area contributed by atoms with Crippen LogP contribution in [0.4, 0.5) is 4.39 Å². The molecule has 92 valence electrons. The smallest absolute Gasteiger partial charge is 0.188 e. The van der Waals surface area contributed by atoms with E-state index in [1.807, 2.05) is 7.05 Å². The van der Waals surface area contributed by atoms with Gasteiger partial charge in [-0.1, -0.05) is 11.8 Å². The summed E-state index contributed by atoms with van der Waals surface area (Å²) in [5.74, 6) is 5.72. The van der Waals surface area contributed by atoms with Gasteiger partial charge in [-0.3, -0.25) is 0 Å². The quantitative estimate of drug-likeness (QED) is 0.481. The van der Waals surface area contributed by atoms with Crippen molar-refractivity contribution in [3.05, 3.63) is 29.6 Å². The second kappa shape index (κ2) is 7.66. The first-order valence-corrected chi connectivity index (χ1v) is 5.32. The minimum Gasteiger partial charge on any atom is -0.467 e. The predicted molar refractivity (Wildman–Crippen MR) is 64.3 cm³/mol. The van der Waals surface area contributed by atoms with Gasteiger partial charge in [-0.2, -0.15) is 0 Å². The van der Waals surface area contributed by atoms with Crippen LogP contribution in [-0.2, 0) is 4.74 Å². The molecule has 0 fully saturated rings. The fourth-order valence-corrected chi connectivity index (χ4v) is 1.16. The maximum absolute atomic E-state index is 13.5. The van der Waals surface area contributed by atoms with Crippen molar-refractivity contribution in [2.75, 3.05) is 27.5 Å². The second-order valence-corrected chi connectivity index (χ2v) is 3.35. The van der Waals surface area contributed by atoms with E-state index in [9.17, 15) is 4.39 Å². The lowest BCUT2D eigenvalue weighted by atomic mass is 10.2. The Bertz CT molecular complexity index is 410. The molecule has 0 atom stereocenters. The summed E-state index contributed by atoms with van der Waals surface area (Å²) in [6, 6.07) is 4.58. The first-order chi connectivity index (χ1) is 8.27. The largest absolute Gasteiger partial charge is 0.467 e. The Balaban J connectivity index is 2.64. The predicted octanol–water partition coefficient (Wildman–Crippen LogP) is 1.77. The Labute approximate surface area is 101 Å². The number of benzene rings is 1. The van der Waals surface area contributed by atoms with Crippen LogP contribution < -0.4 is 10.1 Å². The van der Waals surface area contributed by atoms with Gasteiger partial charge in [-0.15, -0.1) is 0 Å². The summed E-state index contributed by atoms with van der Waals surface area (Å²) in [5.41, 5.74) is 0.380. The Hall–Kier alpha value is -1.57. The van der Waals surface area contributed by atoms with Gasteiger partial charge in [0.15, 0.2) is 6.79 Å². The Morgan fingerprint density at radius 3 is 2.88 bits per heavy atom. The van der Waals surface area contributed by atoms with E-state index >= 15 is 0 Å². The van der Waals surface area contributed by atoms with Crippen LogP contribution in [0.2, 0.25) is 0 Å². The van der Waals surface area contributed by atoms with E-state index < -0.39 is 0 Å². The molecule has 0 aliphatic heterocycles. The molecule has 0 aliphatic rings. The average molecular weight is 237 g/mol. The third kappa shape index (κ3) is 4.85. The van der Waals surface area contributed by atoms with Crippen LogP contribution in [0.25, 0.3) is 0 Å². The van der Waals surface area contributed by atoms with Gasteiger partial charge >= 0.3 is 0 Å². The molecule has 17 heavy (non-hydrogen) atoms. The second-order valence-electron chi connectivity index (χ2n) is 3.35. The zero-order valence-corrected chi connectivity index (χ0v) is 10.0. The molecule has 3 nitrogen and oxygen atoms in total. The van der Waals surface area contributed by atoms with Crippen LogP contribution in [0.15, 0.2) is 18.2 Å². The van der Waals surface area contributed by atoms with Gasteiger partial charge in [0.25, 0.3) is 0 Å². The lowest BCUT2D eigenvalue weighted by Gasteiger charge is -2.04. The molecule has 1 aromatic rings. The van der Waals surface area contributed by atoms with Crippen LogP contribution in [0.5, 0.6) is 5.75 Å². The van der Waals surface area contributed by atoms with Crippen molar-refractivity contribution < 1.29 is 13.9 Å². The van der Waals surface area contributed by atoms with Crippen molar-refractivity contribution in [2.24, 2.45) is 0 Å². The van der Waals surface area contributed by atoms with E-state index in [2.05, 4.69) is 17.2 Å². The molecule has 0 aromatic heterocycles. The number of halogens is 1. The first-order valence-electron chi connectivity index (χ1n) is 5.32. The summed E-state index contributed by atoms with van der Waals surface area (Å²) in [6.07, 6.45) is 0.692. The standard InChI is InChI=1S/C13H16FNO2/c1-15-8-4-3-5-11-6-7-12(9-13(11)14)17-10-16-2/h6-7,9,15H,4,8,10H2,1-2H3. The minimum absolute atomic E-state index is 0.104. The van der Waals surface area contributed by atoms with E-state index in [1.54, 1.807) is 12.1 Å². The lowest BCUT2D eigenvalue weighted by Crippen LogP contribution is -2.05. The van der Waals surface area contributed by atoms with E-state index in [0.717, 1.165) is 6.54 Å². The number of ether oxygens (including phenoxy) is 2. The first kappa shape index (κ1) is 13.5. The molecule has 0 amide bonds. The number of rotatable bonds is 5. The van der Waals surface area contributed by atoms with Gasteiger partial charge < -0.3 is 14.8 Å². The third-order valence-corrected chi connectivity index (χ3v) is 2.01. The number of hydrogen-bond acceptors (Lipinski definition) is 3. The van der Waals surface area contributed by atoms with Crippen molar-refractivity contribution in [1.29, 1.82) is 0 Å². The van der Waals surface area contributed by atoms with Crippen molar-refractivity contribution in [3.63, 3.8) is 0 Å². The normalized spacial score (nSPS) is 9.59. The molecular formula is C13H16FNO2. The molecule has 0 saturated carbocycles. The molecule has 0 heterocycles. The summed E-state index contributed by atoms with van der Waals surface area (Å²) in [7, 11) is 3.36. The van der Waals surface area contributed by atoms with Gasteiger partial charge in [-0.05, 0) is 19.2 Å². The van der Waals surface area contributed by atoms with Gasteiger partial charge in [-0.25, -0.2) is 4.39 Å². The van der Waals surface area contributed by atoms with Crippen LogP contribution in [-0.4, -0.2) is 27.5 Å². The highest BCUT2D eigenvalue weighted by Gasteiger charge is 2.01. The highest BCUT2D eigenvalue weighted by atomic mass is 19.1. The Kier molecular flexibility index (Phi) is 6.08. The molecule has 0 saturated heterocycles. The maximum Gasteiger partial charge on any atom is 0.188 e. The van der Waals surface area contributed by atoms with Gasteiger partial charge in [0.2, 0.25) is 0 Å². The highest BCUT2D eigenvalue weighted by Crippen LogP contribution is 2.15. The molecule has 4 heteroatoms. The summed E-state index contributed by atoms with van der Waals surface area (Å²) < 4.78 is 23.4. The molecule has 1 N–H and O–H groups in total. The molecule has 1 aromatic carbocycles. The fraction of sp³-hybridized carbons (Fsp3) is 0.385. The zero-order chi connectivity index (χ0) is 12.5. The third-order valence-electron chi connectivity index (χ3n) is 2.01. The van der Waals surface area contributed by atoms with Gasteiger partial charge in [0, 0.05) is 26.1 Å². The van der Waals surface area contributed by atoms with Crippen molar-refractivity contribution >= 4 is 0 Å². The molecule has 1 rings (SSSR count). The van der Waals surface area contributed by atoms with Crippen molar-refractivity contribution in [3.8, 4) is 17.6 Å². The molecule has 0 bridgehead atoms. The molecule has 0 unspecified atom stereocenters. The minimum atomic E-state index is -0.379. The topological polar surface area (TPSA) is 30.5 Å². The number of nitrogens with one attached hydrogen (secondary N) is 1. The summed E-state index contributed by atoms with van der Waals surface area (Å²) in [4.78, 5) is 0. The van der Waals surface area contributed by atoms with E-state index in [4.69, 9.17) is 9.47 Å². The van der Waals surface area contributed by atoms with E-state index in [-0.39, 0.29) is 12.6 Å². The van der Waals surface area contributed by atoms with Crippen LogP contribution in [0.1, 0.15) is 12.0 Å².